The van der Waals surface area contributed by atoms with Gasteiger partial charge in [-0.25, -0.2) is 9.97 Å². The van der Waals surface area contributed by atoms with Crippen LogP contribution in [0.2, 0.25) is 0 Å². The second-order valence-electron chi connectivity index (χ2n) is 7.88. The lowest BCUT2D eigenvalue weighted by atomic mass is 10.0. The van der Waals surface area contributed by atoms with Gasteiger partial charge in [0, 0.05) is 66.0 Å². The Kier molecular flexibility index (Phi) is 5.18. The van der Waals surface area contributed by atoms with Crippen molar-refractivity contribution in [3.63, 3.8) is 0 Å². The Labute approximate surface area is 181 Å². The van der Waals surface area contributed by atoms with Crippen LogP contribution >= 0.6 is 0 Å². The molecule has 2 aliphatic rings. The van der Waals surface area contributed by atoms with E-state index in [0.717, 1.165) is 47.7 Å². The number of carbonyl (C=O) groups is 1. The minimum absolute atomic E-state index is 0.0680. The molecule has 0 aliphatic carbocycles. The van der Waals surface area contributed by atoms with Gasteiger partial charge in [-0.2, -0.15) is 0 Å². The highest BCUT2D eigenvalue weighted by molar-refractivity contribution is 5.95. The van der Waals surface area contributed by atoms with Gasteiger partial charge in [0.1, 0.15) is 0 Å². The number of aliphatic imine (C=N–C) groups is 1. The van der Waals surface area contributed by atoms with Crippen molar-refractivity contribution < 1.29 is 4.79 Å². The largest absolute Gasteiger partial charge is 0.333 e. The number of hydrogen-bond acceptors (Lipinski definition) is 6. The van der Waals surface area contributed by atoms with Gasteiger partial charge in [0.15, 0.2) is 0 Å². The summed E-state index contributed by atoms with van der Waals surface area (Å²) in [5.74, 6) is 0.587. The van der Waals surface area contributed by atoms with Crippen LogP contribution in [0.1, 0.15) is 28.4 Å². The monoisotopic (exact) mass is 412 g/mol. The first kappa shape index (κ1) is 19.4. The number of anilines is 2. The SMILES string of the molecule is CC1CNCCN1C(=O)c1ccc(Nc2ncc3c(n2)-c2ccccc2C=NC3)cc1. The summed E-state index contributed by atoms with van der Waals surface area (Å²) in [7, 11) is 0. The molecule has 31 heavy (non-hydrogen) atoms. The van der Waals surface area contributed by atoms with Gasteiger partial charge in [0.25, 0.3) is 5.91 Å². The first-order chi connectivity index (χ1) is 15.2. The summed E-state index contributed by atoms with van der Waals surface area (Å²) in [4.78, 5) is 28.5. The first-order valence-electron chi connectivity index (χ1n) is 10.5. The molecule has 7 heteroatoms. The Morgan fingerprint density at radius 2 is 2.00 bits per heavy atom. The Balaban J connectivity index is 1.36. The zero-order chi connectivity index (χ0) is 21.2. The summed E-state index contributed by atoms with van der Waals surface area (Å²) in [5, 5.41) is 6.58. The zero-order valence-electron chi connectivity index (χ0n) is 17.4. The summed E-state index contributed by atoms with van der Waals surface area (Å²) in [6, 6.07) is 15.8. The van der Waals surface area contributed by atoms with Gasteiger partial charge < -0.3 is 15.5 Å². The molecule has 2 aromatic carbocycles. The highest BCUT2D eigenvalue weighted by atomic mass is 16.2. The van der Waals surface area contributed by atoms with Crippen LogP contribution < -0.4 is 10.6 Å². The van der Waals surface area contributed by atoms with E-state index < -0.39 is 0 Å². The van der Waals surface area contributed by atoms with Gasteiger partial charge in [-0.15, -0.1) is 0 Å². The molecule has 0 bridgehead atoms. The van der Waals surface area contributed by atoms with Crippen LogP contribution in [0.25, 0.3) is 11.3 Å². The molecule has 1 aromatic heterocycles. The van der Waals surface area contributed by atoms with Crippen LogP contribution in [0.3, 0.4) is 0 Å². The normalized spacial score (nSPS) is 17.5. The fourth-order valence-electron chi connectivity index (χ4n) is 4.02. The van der Waals surface area contributed by atoms with Crippen LogP contribution in [0.5, 0.6) is 0 Å². The van der Waals surface area contributed by atoms with Crippen molar-refractivity contribution in [1.29, 1.82) is 0 Å². The molecule has 3 heterocycles. The minimum atomic E-state index is 0.0680. The second-order valence-corrected chi connectivity index (χ2v) is 7.88. The van der Waals surface area contributed by atoms with Gasteiger partial charge in [-0.05, 0) is 31.2 Å². The number of nitrogens with one attached hydrogen (secondary N) is 2. The van der Waals surface area contributed by atoms with Crippen LogP contribution in [-0.4, -0.2) is 52.7 Å². The Morgan fingerprint density at radius 1 is 1.16 bits per heavy atom. The summed E-state index contributed by atoms with van der Waals surface area (Å²) in [6.45, 7) is 5.02. The molecule has 3 aromatic rings. The Bertz CT molecular complexity index is 1140. The standard InChI is InChI=1S/C24H24N6O/c1-16-12-25-10-11-30(16)23(31)17-6-8-20(9-7-17)28-24-27-15-19-14-26-13-18-4-2-3-5-21(18)22(19)29-24/h2-9,13,15-16,25H,10-12,14H2,1H3,(H,27,28,29). The fourth-order valence-corrected chi connectivity index (χ4v) is 4.02. The smallest absolute Gasteiger partial charge is 0.254 e. The summed E-state index contributed by atoms with van der Waals surface area (Å²) >= 11 is 0. The molecule has 1 fully saturated rings. The number of rotatable bonds is 3. The van der Waals surface area contributed by atoms with Crippen LogP contribution in [0.15, 0.2) is 59.7 Å². The molecule has 2 N–H and O–H groups in total. The quantitative estimate of drug-likeness (QED) is 0.690. The van der Waals surface area contributed by atoms with Crippen molar-refractivity contribution in [1.82, 2.24) is 20.2 Å². The maximum atomic E-state index is 12.8. The molecule has 0 spiro atoms. The number of nitrogens with zero attached hydrogens (tertiary/aromatic N) is 4. The molecule has 5 rings (SSSR count). The number of amides is 1. The van der Waals surface area contributed by atoms with Crippen molar-refractivity contribution in [2.45, 2.75) is 19.5 Å². The van der Waals surface area contributed by atoms with Crippen molar-refractivity contribution in [2.24, 2.45) is 4.99 Å². The van der Waals surface area contributed by atoms with Crippen LogP contribution in [0, 0.1) is 0 Å². The van der Waals surface area contributed by atoms with E-state index in [1.54, 1.807) is 0 Å². The number of fused-ring (bicyclic) bond motifs is 3. The lowest BCUT2D eigenvalue weighted by Crippen LogP contribution is -2.52. The number of carbonyl (C=O) groups excluding carboxylic acids is 1. The predicted molar refractivity (Wildman–Crippen MR) is 122 cm³/mol. The first-order valence-corrected chi connectivity index (χ1v) is 10.5. The molecule has 0 radical (unpaired) electrons. The highest BCUT2D eigenvalue weighted by Gasteiger charge is 2.24. The van der Waals surface area contributed by atoms with Gasteiger partial charge in [-0.1, -0.05) is 24.3 Å². The van der Waals surface area contributed by atoms with Crippen molar-refractivity contribution in [3.8, 4) is 11.3 Å². The molecule has 2 aliphatic heterocycles. The van der Waals surface area contributed by atoms with E-state index in [4.69, 9.17) is 4.98 Å². The van der Waals surface area contributed by atoms with Crippen molar-refractivity contribution in [2.75, 3.05) is 25.0 Å². The zero-order valence-corrected chi connectivity index (χ0v) is 17.4. The molecule has 7 nitrogen and oxygen atoms in total. The lowest BCUT2D eigenvalue weighted by molar-refractivity contribution is 0.0656. The van der Waals surface area contributed by atoms with Gasteiger partial charge in [-0.3, -0.25) is 9.79 Å². The van der Waals surface area contributed by atoms with Crippen molar-refractivity contribution >= 4 is 23.8 Å². The highest BCUT2D eigenvalue weighted by Crippen LogP contribution is 2.28. The van der Waals surface area contributed by atoms with Gasteiger partial charge in [0.2, 0.25) is 5.95 Å². The molecule has 1 unspecified atom stereocenters. The summed E-state index contributed by atoms with van der Waals surface area (Å²) < 4.78 is 0. The molecular formula is C24H24N6O. The van der Waals surface area contributed by atoms with Crippen LogP contribution in [-0.2, 0) is 6.54 Å². The van der Waals surface area contributed by atoms with E-state index in [0.29, 0.717) is 18.1 Å². The molecule has 0 saturated carbocycles. The Morgan fingerprint density at radius 3 is 2.84 bits per heavy atom. The predicted octanol–water partition coefficient (Wildman–Crippen LogP) is 3.25. The number of benzene rings is 2. The van der Waals surface area contributed by atoms with Gasteiger partial charge in [0.05, 0.1) is 12.2 Å². The fraction of sp³-hybridized carbons (Fsp3) is 0.250. The topological polar surface area (TPSA) is 82.5 Å². The third kappa shape index (κ3) is 3.92. The lowest BCUT2D eigenvalue weighted by Gasteiger charge is -2.34. The average molecular weight is 412 g/mol. The summed E-state index contributed by atoms with van der Waals surface area (Å²) in [6.07, 6.45) is 3.72. The third-order valence-electron chi connectivity index (χ3n) is 5.72. The Hall–Kier alpha value is -3.58. The molecule has 1 atom stereocenters. The maximum Gasteiger partial charge on any atom is 0.254 e. The number of hydrogen-bond donors (Lipinski definition) is 2. The molecule has 1 amide bonds. The summed E-state index contributed by atoms with van der Waals surface area (Å²) in [5.41, 5.74) is 5.52. The van der Waals surface area contributed by atoms with Crippen molar-refractivity contribution in [3.05, 3.63) is 71.4 Å². The van der Waals surface area contributed by atoms with E-state index in [2.05, 4.69) is 33.6 Å². The molecule has 156 valence electrons. The minimum Gasteiger partial charge on any atom is -0.333 e. The molecule has 1 saturated heterocycles. The number of aromatic nitrogens is 2. The van der Waals surface area contributed by atoms with E-state index >= 15 is 0 Å². The second kappa shape index (κ2) is 8.28. The van der Waals surface area contributed by atoms with Gasteiger partial charge >= 0.3 is 0 Å². The maximum absolute atomic E-state index is 12.8. The number of piperazine rings is 1. The average Bonchev–Trinajstić information content (AvgIpc) is 2.99. The van der Waals surface area contributed by atoms with Crippen LogP contribution in [0.4, 0.5) is 11.6 Å². The molecular weight excluding hydrogens is 388 g/mol. The van der Waals surface area contributed by atoms with E-state index in [-0.39, 0.29) is 11.9 Å². The van der Waals surface area contributed by atoms with E-state index in [1.165, 1.54) is 0 Å². The van der Waals surface area contributed by atoms with E-state index in [9.17, 15) is 4.79 Å². The van der Waals surface area contributed by atoms with E-state index in [1.807, 2.05) is 59.8 Å². The third-order valence-corrected chi connectivity index (χ3v) is 5.72.